The molecule has 16 heteroatoms. The number of rotatable bonds is 13. The molecule has 4 aromatic carbocycles. The third-order valence-corrected chi connectivity index (χ3v) is 11.6. The van der Waals surface area contributed by atoms with E-state index in [4.69, 9.17) is 18.9 Å². The van der Waals surface area contributed by atoms with Crippen molar-refractivity contribution in [2.75, 3.05) is 34.5 Å². The summed E-state index contributed by atoms with van der Waals surface area (Å²) in [5.74, 6) is 1.46. The first-order valence-corrected chi connectivity index (χ1v) is 18.9. The second-order valence-corrected chi connectivity index (χ2v) is 15.6. The molecule has 2 heterocycles. The van der Waals surface area contributed by atoms with E-state index in [9.17, 15) is 26.4 Å². The summed E-state index contributed by atoms with van der Waals surface area (Å²) in [6, 6.07) is 20.7. The number of ketones is 2. The molecule has 0 bridgehead atoms. The van der Waals surface area contributed by atoms with E-state index >= 15 is 0 Å². The summed E-state index contributed by atoms with van der Waals surface area (Å²) in [5.41, 5.74) is 1.36. The Kier molecular flexibility index (Phi) is 9.04. The van der Waals surface area contributed by atoms with Gasteiger partial charge in [-0.25, -0.2) is 16.8 Å². The van der Waals surface area contributed by atoms with Gasteiger partial charge < -0.3 is 18.9 Å². The number of carbonyl (C=O) groups excluding carboxylic acids is 2. The maximum atomic E-state index is 12.8. The number of anilines is 2. The number of carbonyl (C=O) groups is 2. The lowest BCUT2D eigenvalue weighted by Gasteiger charge is -2.10. The first-order valence-electron chi connectivity index (χ1n) is 13.4. The van der Waals surface area contributed by atoms with Crippen LogP contribution >= 0.6 is 21.6 Å². The van der Waals surface area contributed by atoms with Gasteiger partial charge in [0, 0.05) is 34.6 Å². The number of fused-ring (bicyclic) bond motifs is 2. The van der Waals surface area contributed by atoms with Crippen LogP contribution in [0.2, 0.25) is 0 Å². The summed E-state index contributed by atoms with van der Waals surface area (Å²) in [5, 5.41) is 0. The van der Waals surface area contributed by atoms with E-state index in [-0.39, 0.29) is 57.8 Å². The third-order valence-electron chi connectivity index (χ3n) is 6.69. The average Bonchev–Trinajstić information content (AvgIpc) is 3.72. The summed E-state index contributed by atoms with van der Waals surface area (Å²) in [6.45, 7) is 0.0594. The van der Waals surface area contributed by atoms with Gasteiger partial charge in [-0.1, -0.05) is 21.6 Å². The molecule has 0 amide bonds. The van der Waals surface area contributed by atoms with Gasteiger partial charge in [-0.3, -0.25) is 19.0 Å². The van der Waals surface area contributed by atoms with Gasteiger partial charge >= 0.3 is 0 Å². The van der Waals surface area contributed by atoms with Gasteiger partial charge in [0.2, 0.25) is 13.6 Å². The smallest absolute Gasteiger partial charge is 0.262 e. The number of sulfonamides is 2. The molecule has 0 aromatic heterocycles. The minimum absolute atomic E-state index is 0.0121. The van der Waals surface area contributed by atoms with Crippen molar-refractivity contribution in [3.05, 3.63) is 96.1 Å². The lowest BCUT2D eigenvalue weighted by molar-refractivity contribution is 0.101. The summed E-state index contributed by atoms with van der Waals surface area (Å²) in [6.07, 6.45) is 0. The molecule has 6 rings (SSSR count). The second-order valence-electron chi connectivity index (χ2n) is 9.77. The molecule has 238 valence electrons. The normalized spacial score (nSPS) is 13.3. The van der Waals surface area contributed by atoms with Crippen LogP contribution in [0, 0.1) is 0 Å². The van der Waals surface area contributed by atoms with Crippen molar-refractivity contribution in [2.24, 2.45) is 0 Å². The van der Waals surface area contributed by atoms with Crippen molar-refractivity contribution in [1.82, 2.24) is 0 Å². The Morgan fingerprint density at radius 3 is 1.30 bits per heavy atom. The molecule has 0 radical (unpaired) electrons. The second kappa shape index (κ2) is 13.2. The fourth-order valence-corrected chi connectivity index (χ4v) is 8.33. The largest absolute Gasteiger partial charge is 0.454 e. The quantitative estimate of drug-likeness (QED) is 0.107. The van der Waals surface area contributed by atoms with Crippen LogP contribution in [-0.4, -0.2) is 53.5 Å². The Labute approximate surface area is 272 Å². The molecule has 4 aromatic rings. The summed E-state index contributed by atoms with van der Waals surface area (Å²) in [4.78, 5) is 25.3. The van der Waals surface area contributed by atoms with Crippen LogP contribution in [0.3, 0.4) is 0 Å². The van der Waals surface area contributed by atoms with Crippen molar-refractivity contribution < 1.29 is 45.4 Å². The van der Waals surface area contributed by atoms with Gasteiger partial charge in [0.15, 0.2) is 34.6 Å². The van der Waals surface area contributed by atoms with Crippen LogP contribution in [0.15, 0.2) is 94.7 Å². The van der Waals surface area contributed by atoms with Crippen LogP contribution in [0.25, 0.3) is 0 Å². The van der Waals surface area contributed by atoms with Gasteiger partial charge in [0.05, 0.1) is 21.3 Å². The molecular weight excluding hydrogens is 677 g/mol. The Bertz CT molecular complexity index is 1870. The monoisotopic (exact) mass is 700 g/mol. The molecule has 0 saturated heterocycles. The number of hydrogen-bond acceptors (Lipinski definition) is 12. The molecular formula is C30H24N2O10S4. The fourth-order valence-electron chi connectivity index (χ4n) is 4.32. The minimum atomic E-state index is -3.89. The van der Waals surface area contributed by atoms with E-state index in [0.717, 1.165) is 0 Å². The first kappa shape index (κ1) is 31.6. The number of hydrogen-bond donors (Lipinski definition) is 2. The fraction of sp³-hybridized carbons (Fsp3) is 0.133. The predicted molar refractivity (Wildman–Crippen MR) is 173 cm³/mol. The van der Waals surface area contributed by atoms with Crippen LogP contribution in [0.1, 0.15) is 20.7 Å². The van der Waals surface area contributed by atoms with Crippen LogP contribution in [0.5, 0.6) is 23.0 Å². The summed E-state index contributed by atoms with van der Waals surface area (Å²) in [7, 11) is -5.34. The molecule has 0 atom stereocenters. The molecule has 0 aliphatic carbocycles. The average molecular weight is 701 g/mol. The number of ether oxygens (including phenoxy) is 4. The SMILES string of the molecule is O=C(CSSCC(=O)c1ccc(NS(=O)(=O)c2ccc3c(c2)OCO3)cc1)c1ccc(NS(=O)(=O)c2ccc3c(c2)OCO3)cc1. The molecule has 12 nitrogen and oxygen atoms in total. The molecule has 2 N–H and O–H groups in total. The van der Waals surface area contributed by atoms with Gasteiger partial charge in [-0.15, -0.1) is 0 Å². The maximum Gasteiger partial charge on any atom is 0.262 e. The lowest BCUT2D eigenvalue weighted by Crippen LogP contribution is -2.13. The summed E-state index contributed by atoms with van der Waals surface area (Å²) < 4.78 is 76.9. The number of Topliss-reactive ketones (excluding diaryl/α,β-unsaturated/α-hetero) is 2. The predicted octanol–water partition coefficient (Wildman–Crippen LogP) is 5.19. The highest BCUT2D eigenvalue weighted by molar-refractivity contribution is 8.77. The van der Waals surface area contributed by atoms with Gasteiger partial charge in [0.25, 0.3) is 20.0 Å². The highest BCUT2D eigenvalue weighted by atomic mass is 33.1. The standard InChI is InChI=1S/C30H24N2O10S4/c33-25(19-1-5-21(6-2-19)31-45(35,36)23-9-11-27-29(13-23)41-17-39-27)15-43-44-16-26(34)20-3-7-22(8-4-20)32-46(37,38)24-10-12-28-30(14-24)42-18-40-28/h1-14,31-32H,15-18H2. The molecule has 46 heavy (non-hydrogen) atoms. The van der Waals surface area contributed by atoms with Crippen LogP contribution < -0.4 is 28.4 Å². The summed E-state index contributed by atoms with van der Waals surface area (Å²) >= 11 is 0. The Hall–Kier alpha value is -4.38. The highest BCUT2D eigenvalue weighted by Gasteiger charge is 2.22. The van der Waals surface area contributed by atoms with E-state index in [1.54, 1.807) is 0 Å². The van der Waals surface area contributed by atoms with E-state index < -0.39 is 20.0 Å². The topological polar surface area (TPSA) is 163 Å². The van der Waals surface area contributed by atoms with Crippen molar-refractivity contribution in [1.29, 1.82) is 0 Å². The molecule has 0 fully saturated rings. The molecule has 0 saturated carbocycles. The van der Waals surface area contributed by atoms with E-state index in [2.05, 4.69) is 9.44 Å². The molecule has 2 aliphatic rings. The minimum Gasteiger partial charge on any atom is -0.454 e. The molecule has 2 aliphatic heterocycles. The number of benzene rings is 4. The zero-order valence-corrected chi connectivity index (χ0v) is 26.9. The zero-order chi connectivity index (χ0) is 32.3. The zero-order valence-electron chi connectivity index (χ0n) is 23.6. The first-order chi connectivity index (χ1) is 22.1. The van der Waals surface area contributed by atoms with Crippen molar-refractivity contribution >= 4 is 64.6 Å². The Balaban J connectivity index is 0.953. The van der Waals surface area contributed by atoms with Gasteiger partial charge in [-0.05, 0) is 72.8 Å². The maximum absolute atomic E-state index is 12.8. The Morgan fingerprint density at radius 2 is 0.913 bits per heavy atom. The van der Waals surface area contributed by atoms with Crippen LogP contribution in [0.4, 0.5) is 11.4 Å². The van der Waals surface area contributed by atoms with Gasteiger partial charge in [0.1, 0.15) is 0 Å². The van der Waals surface area contributed by atoms with Crippen molar-refractivity contribution in [3.8, 4) is 23.0 Å². The van der Waals surface area contributed by atoms with Crippen molar-refractivity contribution in [2.45, 2.75) is 9.79 Å². The third kappa shape index (κ3) is 7.20. The highest BCUT2D eigenvalue weighted by Crippen LogP contribution is 2.35. The van der Waals surface area contributed by atoms with E-state index in [1.807, 2.05) is 0 Å². The van der Waals surface area contributed by atoms with Crippen LogP contribution in [-0.2, 0) is 20.0 Å². The lowest BCUT2D eigenvalue weighted by atomic mass is 10.1. The van der Waals surface area contributed by atoms with E-state index in [0.29, 0.717) is 34.1 Å². The molecule has 0 unspecified atom stereocenters. The van der Waals surface area contributed by atoms with E-state index in [1.165, 1.54) is 107 Å². The Morgan fingerprint density at radius 1 is 0.543 bits per heavy atom. The van der Waals surface area contributed by atoms with Crippen molar-refractivity contribution in [3.63, 3.8) is 0 Å². The van der Waals surface area contributed by atoms with Gasteiger partial charge in [-0.2, -0.15) is 0 Å². The number of nitrogens with one attached hydrogen (secondary N) is 2. The molecule has 0 spiro atoms.